The lowest BCUT2D eigenvalue weighted by molar-refractivity contribution is -0.141. The second-order valence-electron chi connectivity index (χ2n) is 6.00. The zero-order valence-corrected chi connectivity index (χ0v) is 15.5. The highest BCUT2D eigenvalue weighted by molar-refractivity contribution is 6.35. The van der Waals surface area contributed by atoms with E-state index < -0.39 is 24.7 Å². The van der Waals surface area contributed by atoms with E-state index in [1.165, 1.54) is 18.2 Å². The molecule has 1 aliphatic heterocycles. The lowest BCUT2D eigenvalue weighted by Crippen LogP contribution is -2.55. The molecule has 1 heterocycles. The minimum atomic E-state index is -4.45. The van der Waals surface area contributed by atoms with Gasteiger partial charge in [0.05, 0.1) is 6.04 Å². The molecule has 2 rings (SSSR count). The average Bonchev–Trinajstić information content (AvgIpc) is 2.57. The van der Waals surface area contributed by atoms with Crippen LogP contribution in [-0.4, -0.2) is 66.6 Å². The van der Waals surface area contributed by atoms with Crippen LogP contribution in [0.4, 0.5) is 13.2 Å². The van der Waals surface area contributed by atoms with E-state index in [9.17, 15) is 22.8 Å². The largest absolute Gasteiger partial charge is 0.405 e. The van der Waals surface area contributed by atoms with E-state index in [0.717, 1.165) is 0 Å². The number of rotatable bonds is 4. The summed E-state index contributed by atoms with van der Waals surface area (Å²) in [5, 5.41) is 2.59. The molecule has 0 radical (unpaired) electrons. The molecule has 1 saturated heterocycles. The molecule has 0 aromatic heterocycles. The third-order valence-corrected chi connectivity index (χ3v) is 4.54. The van der Waals surface area contributed by atoms with E-state index in [-0.39, 0.29) is 5.91 Å². The van der Waals surface area contributed by atoms with Gasteiger partial charge >= 0.3 is 6.18 Å². The molecule has 1 N–H and O–H groups in total. The van der Waals surface area contributed by atoms with Crippen molar-refractivity contribution in [3.05, 3.63) is 33.8 Å². The summed E-state index contributed by atoms with van der Waals surface area (Å²) in [6, 6.07) is 3.86. The van der Waals surface area contributed by atoms with Crippen molar-refractivity contribution < 1.29 is 22.8 Å². The van der Waals surface area contributed by atoms with Crippen LogP contribution in [0.25, 0.3) is 0 Å². The van der Waals surface area contributed by atoms with Crippen LogP contribution in [-0.2, 0) is 4.79 Å². The average molecular weight is 412 g/mol. The summed E-state index contributed by atoms with van der Waals surface area (Å²) < 4.78 is 36.6. The van der Waals surface area contributed by atoms with Crippen molar-refractivity contribution in [1.82, 2.24) is 15.1 Å². The van der Waals surface area contributed by atoms with Gasteiger partial charge in [-0.15, -0.1) is 0 Å². The van der Waals surface area contributed by atoms with Crippen LogP contribution in [0.1, 0.15) is 17.3 Å². The van der Waals surface area contributed by atoms with Gasteiger partial charge in [0.1, 0.15) is 6.54 Å². The van der Waals surface area contributed by atoms with Crippen LogP contribution >= 0.6 is 23.2 Å². The number of alkyl halides is 3. The predicted molar refractivity (Wildman–Crippen MR) is 92.5 cm³/mol. The number of amides is 2. The highest BCUT2D eigenvalue weighted by Gasteiger charge is 2.31. The van der Waals surface area contributed by atoms with Gasteiger partial charge in [-0.05, 0) is 25.1 Å². The first kappa shape index (κ1) is 20.8. The molecule has 1 fully saturated rings. The maximum absolute atomic E-state index is 12.5. The van der Waals surface area contributed by atoms with Crippen LogP contribution in [0.5, 0.6) is 0 Å². The maximum atomic E-state index is 12.5. The lowest BCUT2D eigenvalue weighted by atomic mass is 10.1. The van der Waals surface area contributed by atoms with Crippen molar-refractivity contribution in [2.75, 3.05) is 32.7 Å². The Bertz CT molecular complexity index is 657. The second-order valence-corrected chi connectivity index (χ2v) is 6.87. The van der Waals surface area contributed by atoms with Gasteiger partial charge in [0, 0.05) is 41.8 Å². The van der Waals surface area contributed by atoms with Crippen molar-refractivity contribution >= 4 is 35.0 Å². The minimum Gasteiger partial charge on any atom is -0.346 e. The number of halogens is 5. The summed E-state index contributed by atoms with van der Waals surface area (Å²) in [6.45, 7) is 1.63. The van der Waals surface area contributed by atoms with Crippen molar-refractivity contribution in [3.8, 4) is 0 Å². The van der Waals surface area contributed by atoms with E-state index in [0.29, 0.717) is 41.8 Å². The Morgan fingerprint density at radius 3 is 2.15 bits per heavy atom. The van der Waals surface area contributed by atoms with Gasteiger partial charge in [-0.25, -0.2) is 0 Å². The Hall–Kier alpha value is -1.51. The van der Waals surface area contributed by atoms with E-state index >= 15 is 0 Å². The zero-order chi connectivity index (χ0) is 19.5. The number of piperazine rings is 1. The summed E-state index contributed by atoms with van der Waals surface area (Å²) in [5.41, 5.74) is 0.368. The highest BCUT2D eigenvalue weighted by Crippen LogP contribution is 2.21. The smallest absolute Gasteiger partial charge is 0.346 e. The highest BCUT2D eigenvalue weighted by atomic mass is 35.5. The molecule has 0 bridgehead atoms. The van der Waals surface area contributed by atoms with Crippen LogP contribution in [0.3, 0.4) is 0 Å². The molecule has 1 aromatic carbocycles. The Morgan fingerprint density at radius 2 is 1.65 bits per heavy atom. The summed E-state index contributed by atoms with van der Waals surface area (Å²) >= 11 is 11.8. The van der Waals surface area contributed by atoms with Crippen molar-refractivity contribution in [2.45, 2.75) is 19.1 Å². The molecule has 1 aliphatic rings. The topological polar surface area (TPSA) is 52.7 Å². The number of nitrogens with one attached hydrogen (secondary N) is 1. The van der Waals surface area contributed by atoms with Gasteiger partial charge in [0.15, 0.2) is 0 Å². The summed E-state index contributed by atoms with van der Waals surface area (Å²) in [5.74, 6) is -0.924. The number of carbonyl (C=O) groups is 2. The Labute approximate surface area is 159 Å². The monoisotopic (exact) mass is 411 g/mol. The minimum absolute atomic E-state index is 0.233. The number of hydrogen-bond donors (Lipinski definition) is 1. The first-order valence-electron chi connectivity index (χ1n) is 7.91. The molecular formula is C16H18Cl2F3N3O2. The number of benzene rings is 1. The SMILES string of the molecule is CC(C(=O)NCC(F)(F)F)N1CCN(C(=O)c2cc(Cl)cc(Cl)c2)CC1. The fraction of sp³-hybridized carbons (Fsp3) is 0.500. The number of carbonyl (C=O) groups excluding carboxylic acids is 2. The molecule has 144 valence electrons. The van der Waals surface area contributed by atoms with Crippen LogP contribution in [0, 0.1) is 0 Å². The van der Waals surface area contributed by atoms with Crippen molar-refractivity contribution in [2.24, 2.45) is 0 Å². The van der Waals surface area contributed by atoms with Crippen LogP contribution in [0.15, 0.2) is 18.2 Å². The molecule has 1 unspecified atom stereocenters. The Balaban J connectivity index is 1.90. The van der Waals surface area contributed by atoms with E-state index in [4.69, 9.17) is 23.2 Å². The van der Waals surface area contributed by atoms with Crippen molar-refractivity contribution in [1.29, 1.82) is 0 Å². The molecule has 1 atom stereocenters. The Morgan fingerprint density at radius 1 is 1.12 bits per heavy atom. The molecule has 2 amide bonds. The molecular weight excluding hydrogens is 394 g/mol. The Kier molecular flexibility index (Phi) is 6.76. The summed E-state index contributed by atoms with van der Waals surface area (Å²) in [4.78, 5) is 27.7. The summed E-state index contributed by atoms with van der Waals surface area (Å²) in [7, 11) is 0. The molecule has 5 nitrogen and oxygen atoms in total. The zero-order valence-electron chi connectivity index (χ0n) is 13.9. The van der Waals surface area contributed by atoms with Crippen LogP contribution in [0.2, 0.25) is 10.0 Å². The second kappa shape index (κ2) is 8.45. The van der Waals surface area contributed by atoms with Crippen LogP contribution < -0.4 is 5.32 Å². The van der Waals surface area contributed by atoms with Gasteiger partial charge < -0.3 is 10.2 Å². The molecule has 0 saturated carbocycles. The molecule has 1 aromatic rings. The molecule has 0 spiro atoms. The van der Waals surface area contributed by atoms with Gasteiger partial charge in [0.25, 0.3) is 5.91 Å². The predicted octanol–water partition coefficient (Wildman–Crippen LogP) is 2.82. The van der Waals surface area contributed by atoms with Gasteiger partial charge in [-0.2, -0.15) is 13.2 Å². The molecule has 26 heavy (non-hydrogen) atoms. The molecule has 10 heteroatoms. The first-order valence-corrected chi connectivity index (χ1v) is 8.66. The van der Waals surface area contributed by atoms with E-state index in [1.54, 1.807) is 16.7 Å². The standard InChI is InChI=1S/C16H18Cl2F3N3O2/c1-10(14(25)22-9-16(19,20)21)23-2-4-24(5-3-23)15(26)11-6-12(17)8-13(18)7-11/h6-8,10H,2-5,9H2,1H3,(H,22,25). The maximum Gasteiger partial charge on any atom is 0.405 e. The van der Waals surface area contributed by atoms with Gasteiger partial charge in [-0.1, -0.05) is 23.2 Å². The third kappa shape index (κ3) is 5.75. The molecule has 0 aliphatic carbocycles. The van der Waals surface area contributed by atoms with Gasteiger partial charge in [-0.3, -0.25) is 14.5 Å². The third-order valence-electron chi connectivity index (χ3n) is 4.10. The fourth-order valence-corrected chi connectivity index (χ4v) is 3.20. The normalized spacial score (nSPS) is 17.1. The fourth-order valence-electron chi connectivity index (χ4n) is 2.67. The lowest BCUT2D eigenvalue weighted by Gasteiger charge is -2.37. The number of hydrogen-bond acceptors (Lipinski definition) is 3. The van der Waals surface area contributed by atoms with Gasteiger partial charge in [0.2, 0.25) is 5.91 Å². The number of nitrogens with zero attached hydrogens (tertiary/aromatic N) is 2. The quantitative estimate of drug-likeness (QED) is 0.828. The van der Waals surface area contributed by atoms with E-state index in [2.05, 4.69) is 0 Å². The summed E-state index contributed by atoms with van der Waals surface area (Å²) in [6.07, 6.45) is -4.45. The van der Waals surface area contributed by atoms with E-state index in [1.807, 2.05) is 5.32 Å². The first-order chi connectivity index (χ1) is 12.1. The van der Waals surface area contributed by atoms with Crippen molar-refractivity contribution in [3.63, 3.8) is 0 Å².